The van der Waals surface area contributed by atoms with E-state index < -0.39 is 5.60 Å². The van der Waals surface area contributed by atoms with E-state index >= 15 is 0 Å². The molecule has 2 nitrogen and oxygen atoms in total. The molecule has 0 aliphatic heterocycles. The average molecular weight is 263 g/mol. The zero-order chi connectivity index (χ0) is 12.8. The molecule has 18 heavy (non-hydrogen) atoms. The smallest absolute Gasteiger partial charge is 0.123 e. The number of nitrogens with zero attached hydrogens (tertiary/aromatic N) is 1. The van der Waals surface area contributed by atoms with Gasteiger partial charge in [0.1, 0.15) is 5.82 Å². The summed E-state index contributed by atoms with van der Waals surface area (Å²) in [5.74, 6) is -0.233. The average Bonchev–Trinajstić information content (AvgIpc) is 2.84. The number of benzene rings is 1. The first-order valence-electron chi connectivity index (χ1n) is 5.99. The summed E-state index contributed by atoms with van der Waals surface area (Å²) in [4.78, 5) is 4.39. The quantitative estimate of drug-likeness (QED) is 0.903. The Hall–Kier alpha value is -1.26. The fraction of sp³-hybridized carbons (Fsp3) is 0.357. The number of hydrogen-bond acceptors (Lipinski definition) is 3. The molecule has 1 aliphatic rings. The maximum Gasteiger partial charge on any atom is 0.123 e. The van der Waals surface area contributed by atoms with Crippen molar-refractivity contribution in [3.8, 4) is 0 Å². The van der Waals surface area contributed by atoms with Gasteiger partial charge in [-0.2, -0.15) is 0 Å². The molecule has 4 heteroatoms. The van der Waals surface area contributed by atoms with Gasteiger partial charge in [0.25, 0.3) is 0 Å². The van der Waals surface area contributed by atoms with Crippen molar-refractivity contribution in [3.05, 3.63) is 51.2 Å². The lowest BCUT2D eigenvalue weighted by Gasteiger charge is -2.22. The second-order valence-corrected chi connectivity index (χ2v) is 5.84. The van der Waals surface area contributed by atoms with E-state index in [2.05, 4.69) is 4.98 Å². The van der Waals surface area contributed by atoms with Crippen molar-refractivity contribution in [1.29, 1.82) is 0 Å². The molecule has 0 amide bonds. The van der Waals surface area contributed by atoms with Crippen LogP contribution in [0.1, 0.15) is 28.2 Å². The molecule has 1 heterocycles. The molecule has 0 saturated carbocycles. The molecule has 0 fully saturated rings. The fourth-order valence-electron chi connectivity index (χ4n) is 2.62. The normalized spacial score (nSPS) is 22.2. The Bertz CT molecular complexity index is 595. The van der Waals surface area contributed by atoms with E-state index in [0.29, 0.717) is 12.8 Å². The van der Waals surface area contributed by atoms with Crippen molar-refractivity contribution >= 4 is 11.3 Å². The van der Waals surface area contributed by atoms with Crippen LogP contribution < -0.4 is 0 Å². The topological polar surface area (TPSA) is 33.1 Å². The van der Waals surface area contributed by atoms with Gasteiger partial charge < -0.3 is 5.11 Å². The van der Waals surface area contributed by atoms with Crippen molar-refractivity contribution < 1.29 is 9.50 Å². The van der Waals surface area contributed by atoms with Crippen LogP contribution in [-0.2, 0) is 18.4 Å². The number of thiazole rings is 1. The van der Waals surface area contributed by atoms with Crippen LogP contribution in [0, 0.1) is 12.7 Å². The third-order valence-electron chi connectivity index (χ3n) is 3.49. The second-order valence-electron chi connectivity index (χ2n) is 4.89. The van der Waals surface area contributed by atoms with E-state index in [1.807, 2.05) is 12.3 Å². The van der Waals surface area contributed by atoms with Gasteiger partial charge >= 0.3 is 0 Å². The summed E-state index contributed by atoms with van der Waals surface area (Å²) in [6.45, 7) is 1.95. The lowest BCUT2D eigenvalue weighted by Crippen LogP contribution is -2.25. The van der Waals surface area contributed by atoms with Crippen LogP contribution in [0.15, 0.2) is 23.6 Å². The minimum absolute atomic E-state index is 0.233. The van der Waals surface area contributed by atoms with Gasteiger partial charge in [0, 0.05) is 17.5 Å². The maximum absolute atomic E-state index is 13.2. The van der Waals surface area contributed by atoms with E-state index in [-0.39, 0.29) is 5.82 Å². The summed E-state index contributed by atoms with van der Waals surface area (Å²) in [5.41, 5.74) is 1.88. The highest BCUT2D eigenvalue weighted by atomic mass is 32.1. The number of aliphatic hydroxyl groups is 1. The predicted octanol–water partition coefficient (Wildman–Crippen LogP) is 2.97. The van der Waals surface area contributed by atoms with Gasteiger partial charge in [0.05, 0.1) is 10.6 Å². The number of aryl methyl sites for hydroxylation is 2. The lowest BCUT2D eigenvalue weighted by molar-refractivity contribution is 0.0389. The summed E-state index contributed by atoms with van der Waals surface area (Å²) in [7, 11) is 0. The molecule has 0 saturated heterocycles. The highest BCUT2D eigenvalue weighted by molar-refractivity contribution is 7.09. The Balaban J connectivity index is 1.94. The molecule has 0 spiro atoms. The van der Waals surface area contributed by atoms with Crippen LogP contribution in [0.5, 0.6) is 0 Å². The third kappa shape index (κ3) is 1.95. The fourth-order valence-corrected chi connectivity index (χ4v) is 3.50. The Labute approximate surface area is 109 Å². The summed E-state index contributed by atoms with van der Waals surface area (Å²) in [6.07, 6.45) is 1.89. The third-order valence-corrected chi connectivity index (χ3v) is 4.45. The second kappa shape index (κ2) is 4.14. The summed E-state index contributed by atoms with van der Waals surface area (Å²) in [6, 6.07) is 4.65. The van der Waals surface area contributed by atoms with Crippen LogP contribution in [0.2, 0.25) is 0 Å². The molecule has 1 N–H and O–H groups in total. The highest BCUT2D eigenvalue weighted by Gasteiger charge is 2.37. The van der Waals surface area contributed by atoms with E-state index in [4.69, 9.17) is 0 Å². The molecule has 1 aromatic carbocycles. The zero-order valence-corrected chi connectivity index (χ0v) is 10.9. The van der Waals surface area contributed by atoms with Crippen molar-refractivity contribution in [2.24, 2.45) is 0 Å². The van der Waals surface area contributed by atoms with Gasteiger partial charge in [0.15, 0.2) is 0 Å². The van der Waals surface area contributed by atoms with Gasteiger partial charge in [0.2, 0.25) is 0 Å². The molecule has 3 rings (SSSR count). The van der Waals surface area contributed by atoms with Gasteiger partial charge in [-0.15, -0.1) is 11.3 Å². The minimum atomic E-state index is -0.882. The Morgan fingerprint density at radius 1 is 1.50 bits per heavy atom. The molecular formula is C14H14FNOS. The van der Waals surface area contributed by atoms with Crippen molar-refractivity contribution in [2.75, 3.05) is 0 Å². The van der Waals surface area contributed by atoms with E-state index in [1.165, 1.54) is 12.1 Å². The summed E-state index contributed by atoms with van der Waals surface area (Å²) >= 11 is 1.57. The predicted molar refractivity (Wildman–Crippen MR) is 69.2 cm³/mol. The molecular weight excluding hydrogens is 249 g/mol. The molecule has 2 aromatic rings. The molecule has 0 radical (unpaired) electrons. The maximum atomic E-state index is 13.2. The Kier molecular flexibility index (Phi) is 2.72. The van der Waals surface area contributed by atoms with E-state index in [9.17, 15) is 9.50 Å². The van der Waals surface area contributed by atoms with Crippen LogP contribution in [-0.4, -0.2) is 10.1 Å². The van der Waals surface area contributed by atoms with Crippen LogP contribution >= 0.6 is 11.3 Å². The summed E-state index contributed by atoms with van der Waals surface area (Å²) < 4.78 is 13.2. The van der Waals surface area contributed by atoms with Crippen LogP contribution in [0.25, 0.3) is 0 Å². The monoisotopic (exact) mass is 263 g/mol. The van der Waals surface area contributed by atoms with Gasteiger partial charge in [-0.3, -0.25) is 0 Å². The highest BCUT2D eigenvalue weighted by Crippen LogP contribution is 2.39. The van der Waals surface area contributed by atoms with Gasteiger partial charge in [-0.25, -0.2) is 9.37 Å². The number of aromatic nitrogens is 1. The Morgan fingerprint density at radius 3 is 3.06 bits per heavy atom. The largest absolute Gasteiger partial charge is 0.385 e. The zero-order valence-electron chi connectivity index (χ0n) is 10.1. The molecule has 1 aromatic heterocycles. The minimum Gasteiger partial charge on any atom is -0.385 e. The Morgan fingerprint density at radius 2 is 2.33 bits per heavy atom. The lowest BCUT2D eigenvalue weighted by atomic mass is 9.92. The van der Waals surface area contributed by atoms with Crippen LogP contribution in [0.4, 0.5) is 4.39 Å². The van der Waals surface area contributed by atoms with Crippen molar-refractivity contribution in [1.82, 2.24) is 4.98 Å². The first-order chi connectivity index (χ1) is 8.57. The SMILES string of the molecule is Cc1csc(CC2(O)CCc3cc(F)ccc32)n1. The van der Waals surface area contributed by atoms with Gasteiger partial charge in [-0.05, 0) is 43.0 Å². The number of hydrogen-bond donors (Lipinski definition) is 1. The summed E-state index contributed by atoms with van der Waals surface area (Å²) in [5, 5.41) is 13.7. The van der Waals surface area contributed by atoms with Crippen LogP contribution in [0.3, 0.4) is 0 Å². The molecule has 0 bridgehead atoms. The standard InChI is InChI=1S/C14H14FNOS/c1-9-8-18-13(16-9)7-14(17)5-4-10-6-11(15)2-3-12(10)14/h2-3,6,8,17H,4-5,7H2,1H3. The van der Waals surface area contributed by atoms with E-state index in [0.717, 1.165) is 28.2 Å². The number of halogens is 1. The van der Waals surface area contributed by atoms with Crippen molar-refractivity contribution in [3.63, 3.8) is 0 Å². The molecule has 1 atom stereocenters. The number of fused-ring (bicyclic) bond motifs is 1. The van der Waals surface area contributed by atoms with Crippen molar-refractivity contribution in [2.45, 2.75) is 31.8 Å². The first kappa shape index (κ1) is 11.8. The number of rotatable bonds is 2. The molecule has 1 aliphatic carbocycles. The first-order valence-corrected chi connectivity index (χ1v) is 6.87. The van der Waals surface area contributed by atoms with Gasteiger partial charge in [-0.1, -0.05) is 6.07 Å². The molecule has 1 unspecified atom stereocenters. The molecule has 94 valence electrons. The van der Waals surface area contributed by atoms with E-state index in [1.54, 1.807) is 17.4 Å².